The van der Waals surface area contributed by atoms with Gasteiger partial charge in [-0.15, -0.1) is 11.3 Å². The van der Waals surface area contributed by atoms with E-state index in [1.54, 1.807) is 23.6 Å². The molecule has 4 heterocycles. The molecule has 3 nitrogen and oxygen atoms in total. The molecule has 0 amide bonds. The zero-order valence-electron chi connectivity index (χ0n) is 36.1. The van der Waals surface area contributed by atoms with Crippen LogP contribution in [0.3, 0.4) is 0 Å². The molecule has 58 heavy (non-hydrogen) atoms. The molecule has 0 saturated heterocycles. The van der Waals surface area contributed by atoms with E-state index in [4.69, 9.17) is 16.8 Å². The van der Waals surface area contributed by atoms with Crippen LogP contribution in [-0.4, -0.2) is 23.0 Å². The van der Waals surface area contributed by atoms with Gasteiger partial charge in [0.05, 0.1) is 35.0 Å². The van der Waals surface area contributed by atoms with Gasteiger partial charge >= 0.3 is 0 Å². The van der Waals surface area contributed by atoms with Crippen molar-refractivity contribution < 1.29 is 6.85 Å². The van der Waals surface area contributed by atoms with E-state index >= 15 is 0 Å². The molecule has 5 heteroatoms. The number of hydrogen-bond donors (Lipinski definition) is 0. The number of rotatable bonds is 7. The van der Waals surface area contributed by atoms with Gasteiger partial charge in [0.15, 0.2) is 8.07 Å². The molecule has 0 saturated carbocycles. The molecule has 4 aromatic heterocycles. The molecule has 11 aromatic rings. The van der Waals surface area contributed by atoms with Crippen LogP contribution in [-0.2, 0) is 0 Å². The van der Waals surface area contributed by atoms with E-state index in [0.717, 1.165) is 31.9 Å². The van der Waals surface area contributed by atoms with Crippen molar-refractivity contribution in [1.82, 2.24) is 15.0 Å². The van der Waals surface area contributed by atoms with Crippen LogP contribution in [0, 0.1) is 0 Å². The number of hydrogen-bond acceptors (Lipinski definition) is 4. The number of thiophene rings is 1. The predicted octanol–water partition coefficient (Wildman–Crippen LogP) is 10.9. The number of fused-ring (bicyclic) bond motifs is 6. The molecule has 272 valence electrons. The molecule has 0 aliphatic heterocycles. The molecule has 0 aliphatic rings. The SMILES string of the molecule is [2H]c1c([2H])c([2H])c(-c2cc(-c3ccccn3)nc3c2ccc2c([Si](c4ccccc4)(c4ccccc4)c4ccccc4)cc(-c4cccc5c4sc4ccccc45)nc23)c([2H])c1[2H]. The Balaban J connectivity index is 1.36. The van der Waals surface area contributed by atoms with Crippen LogP contribution < -0.4 is 20.7 Å². The monoisotopic (exact) mass is 778 g/mol. The first-order valence-electron chi connectivity index (χ1n) is 21.7. The standard InChI is InChI=1S/C53H35N3SSi/c1-5-18-36(19-6-1)45-34-48(46-29-15-16-33-54-46)56-51-41(45)31-32-44-50(35-47(55-52(44)51)43-28-17-27-42-40-26-13-14-30-49(40)57-53(42)43)58(37-20-7-2-8-21-37,38-22-9-3-10-23-38)39-24-11-4-12-25-39/h1-35H/i1D,5D,6D,18D,19D. The van der Waals surface area contributed by atoms with Gasteiger partial charge in [-0.3, -0.25) is 4.98 Å². The topological polar surface area (TPSA) is 38.7 Å². The second kappa shape index (κ2) is 14.2. The minimum Gasteiger partial charge on any atom is -0.255 e. The first-order chi connectivity index (χ1) is 30.8. The van der Waals surface area contributed by atoms with Crippen molar-refractivity contribution >= 4 is 82.1 Å². The molecule has 0 aliphatic carbocycles. The molecule has 0 unspecified atom stereocenters. The summed E-state index contributed by atoms with van der Waals surface area (Å²) in [5, 5.41) is 8.62. The maximum atomic E-state index is 9.14. The third-order valence-corrected chi connectivity index (χ3v) is 17.2. The average Bonchev–Trinajstić information content (AvgIpc) is 3.73. The summed E-state index contributed by atoms with van der Waals surface area (Å²) in [5.41, 5.74) is 4.60. The van der Waals surface area contributed by atoms with Crippen LogP contribution in [0.15, 0.2) is 212 Å². The molecular formula is C53H35N3SSi. The van der Waals surface area contributed by atoms with Crippen molar-refractivity contribution in [1.29, 1.82) is 0 Å². The minimum absolute atomic E-state index is 0.0953. The lowest BCUT2D eigenvalue weighted by atomic mass is 9.97. The van der Waals surface area contributed by atoms with E-state index in [9.17, 15) is 0 Å². The van der Waals surface area contributed by atoms with E-state index in [1.165, 1.54) is 25.6 Å². The second-order valence-corrected chi connectivity index (χ2v) is 19.1. The van der Waals surface area contributed by atoms with Crippen LogP contribution in [0.2, 0.25) is 0 Å². The Morgan fingerprint density at radius 3 is 1.74 bits per heavy atom. The first-order valence-corrected chi connectivity index (χ1v) is 22.0. The highest BCUT2D eigenvalue weighted by Crippen LogP contribution is 2.41. The molecule has 0 bridgehead atoms. The Kier molecular flexibility index (Phi) is 7.13. The minimum atomic E-state index is -3.22. The molecule has 7 aromatic carbocycles. The molecule has 11 rings (SSSR count). The van der Waals surface area contributed by atoms with Crippen LogP contribution in [0.5, 0.6) is 0 Å². The fourth-order valence-corrected chi connectivity index (χ4v) is 14.8. The number of pyridine rings is 3. The van der Waals surface area contributed by atoms with E-state index in [0.29, 0.717) is 33.4 Å². The zero-order valence-corrected chi connectivity index (χ0v) is 32.9. The fourth-order valence-electron chi connectivity index (χ4n) is 8.64. The van der Waals surface area contributed by atoms with E-state index in [1.807, 2.05) is 24.3 Å². The predicted molar refractivity (Wildman–Crippen MR) is 248 cm³/mol. The first kappa shape index (κ1) is 29.2. The Labute approximate surface area is 348 Å². The number of nitrogens with zero attached hydrogens (tertiary/aromatic N) is 3. The lowest BCUT2D eigenvalue weighted by Crippen LogP contribution is -2.75. The lowest BCUT2D eigenvalue weighted by Gasteiger charge is -2.35. The maximum Gasteiger partial charge on any atom is 0.180 e. The quantitative estimate of drug-likeness (QED) is 0.0919. The van der Waals surface area contributed by atoms with Crippen molar-refractivity contribution in [2.24, 2.45) is 0 Å². The highest BCUT2D eigenvalue weighted by molar-refractivity contribution is 7.26. The van der Waals surface area contributed by atoms with Crippen LogP contribution in [0.4, 0.5) is 0 Å². The Hall–Kier alpha value is -7.05. The summed E-state index contributed by atoms with van der Waals surface area (Å²) in [7, 11) is -3.22. The van der Waals surface area contributed by atoms with Gasteiger partial charge in [0.25, 0.3) is 0 Å². The lowest BCUT2D eigenvalue weighted by molar-refractivity contribution is 1.27. The Morgan fingerprint density at radius 2 is 1.05 bits per heavy atom. The highest BCUT2D eigenvalue weighted by atomic mass is 32.1. The molecule has 0 radical (unpaired) electrons. The number of aromatic nitrogens is 3. The van der Waals surface area contributed by atoms with Crippen molar-refractivity contribution in [3.05, 3.63) is 212 Å². The van der Waals surface area contributed by atoms with Crippen LogP contribution in [0.1, 0.15) is 6.85 Å². The zero-order chi connectivity index (χ0) is 42.8. The summed E-state index contributed by atoms with van der Waals surface area (Å²) in [5.74, 6) is 0. The van der Waals surface area contributed by atoms with Crippen molar-refractivity contribution in [3.8, 4) is 33.8 Å². The maximum absolute atomic E-state index is 9.14. The van der Waals surface area contributed by atoms with Crippen molar-refractivity contribution in [3.63, 3.8) is 0 Å². The molecule has 0 atom stereocenters. The summed E-state index contributed by atoms with van der Waals surface area (Å²) in [6.07, 6.45) is 1.70. The molecule has 0 N–H and O–H groups in total. The van der Waals surface area contributed by atoms with Gasteiger partial charge in [-0.1, -0.05) is 176 Å². The van der Waals surface area contributed by atoms with E-state index in [-0.39, 0.29) is 17.6 Å². The Morgan fingerprint density at radius 1 is 0.448 bits per heavy atom. The number of benzene rings is 7. The summed E-state index contributed by atoms with van der Waals surface area (Å²) in [6.45, 7) is 0. The molecule has 0 spiro atoms. The molecular weight excluding hydrogens is 739 g/mol. The van der Waals surface area contributed by atoms with Gasteiger partial charge in [-0.05, 0) is 62.2 Å². The third-order valence-electron chi connectivity index (χ3n) is 11.2. The smallest absolute Gasteiger partial charge is 0.180 e. The van der Waals surface area contributed by atoms with Gasteiger partial charge in [0.1, 0.15) is 0 Å². The fraction of sp³-hybridized carbons (Fsp3) is 0. The summed E-state index contributed by atoms with van der Waals surface area (Å²) < 4.78 is 46.4. The third kappa shape index (κ3) is 5.51. The Bertz CT molecular complexity index is 3450. The highest BCUT2D eigenvalue weighted by Gasteiger charge is 2.43. The van der Waals surface area contributed by atoms with Gasteiger partial charge in [-0.2, -0.15) is 0 Å². The van der Waals surface area contributed by atoms with Gasteiger partial charge in [0, 0.05) is 42.7 Å². The van der Waals surface area contributed by atoms with Crippen molar-refractivity contribution in [2.45, 2.75) is 0 Å². The average molecular weight is 779 g/mol. The van der Waals surface area contributed by atoms with E-state index < -0.39 is 26.2 Å². The second-order valence-electron chi connectivity index (χ2n) is 14.3. The van der Waals surface area contributed by atoms with Crippen molar-refractivity contribution in [2.75, 3.05) is 0 Å². The largest absolute Gasteiger partial charge is 0.255 e. The normalized spacial score (nSPS) is 13.0. The summed E-state index contributed by atoms with van der Waals surface area (Å²) >= 11 is 1.76. The van der Waals surface area contributed by atoms with E-state index in [2.05, 4.69) is 151 Å². The van der Waals surface area contributed by atoms with Gasteiger partial charge < -0.3 is 0 Å². The molecule has 0 fully saturated rings. The summed E-state index contributed by atoms with van der Waals surface area (Å²) in [6, 6.07) is 59.3. The van der Waals surface area contributed by atoms with Gasteiger partial charge in [0.2, 0.25) is 0 Å². The summed E-state index contributed by atoms with van der Waals surface area (Å²) in [4.78, 5) is 15.7. The van der Waals surface area contributed by atoms with Crippen LogP contribution >= 0.6 is 11.3 Å². The van der Waals surface area contributed by atoms with Gasteiger partial charge in [-0.25, -0.2) is 9.97 Å². The van der Waals surface area contributed by atoms with Crippen LogP contribution in [0.25, 0.3) is 75.8 Å².